The number of carbonyl (C=O) groups excluding carboxylic acids is 1. The van der Waals surface area contributed by atoms with E-state index in [4.69, 9.17) is 0 Å². The summed E-state index contributed by atoms with van der Waals surface area (Å²) < 4.78 is 1.04. The molecule has 2 aromatic carbocycles. The minimum atomic E-state index is -0.398. The molecule has 0 aliphatic carbocycles. The number of amides is 1. The van der Waals surface area contributed by atoms with E-state index < -0.39 is 4.92 Å². The van der Waals surface area contributed by atoms with E-state index in [2.05, 4.69) is 26.9 Å². The number of hydrogen-bond donors (Lipinski definition) is 0. The van der Waals surface area contributed by atoms with Crippen molar-refractivity contribution < 1.29 is 9.72 Å². The third-order valence-electron chi connectivity index (χ3n) is 4.55. The van der Waals surface area contributed by atoms with E-state index in [-0.39, 0.29) is 11.6 Å². The highest BCUT2D eigenvalue weighted by Crippen LogP contribution is 2.26. The first-order valence-electron chi connectivity index (χ1n) is 8.60. The number of benzene rings is 2. The Labute approximate surface area is 170 Å². The number of hydrogen-bond acceptors (Lipinski definition) is 5. The third-order valence-corrected chi connectivity index (χ3v) is 6.20. The van der Waals surface area contributed by atoms with E-state index in [0.29, 0.717) is 18.8 Å². The van der Waals surface area contributed by atoms with Crippen LogP contribution in [0.5, 0.6) is 0 Å². The molecule has 142 valence electrons. The summed E-state index contributed by atoms with van der Waals surface area (Å²) in [7, 11) is 0. The summed E-state index contributed by atoms with van der Waals surface area (Å²) in [4.78, 5) is 28.0. The van der Waals surface area contributed by atoms with E-state index in [0.717, 1.165) is 33.7 Å². The van der Waals surface area contributed by atoms with Gasteiger partial charge in [0.05, 0.1) is 10.7 Å². The second-order valence-corrected chi connectivity index (χ2v) is 8.27. The van der Waals surface area contributed by atoms with Gasteiger partial charge in [-0.05, 0) is 42.8 Å². The molecular weight excluding hydrogens is 430 g/mol. The molecular formula is C19H20BrN3O3S. The largest absolute Gasteiger partial charge is 0.368 e. The number of nitrogens with zero attached hydrogens (tertiary/aromatic N) is 3. The summed E-state index contributed by atoms with van der Waals surface area (Å²) in [5, 5.41) is 10.8. The second kappa shape index (κ2) is 8.75. The number of thioether (sulfide) groups is 1. The van der Waals surface area contributed by atoms with Crippen LogP contribution in [0.3, 0.4) is 0 Å². The van der Waals surface area contributed by atoms with Crippen molar-refractivity contribution in [3.05, 3.63) is 62.6 Å². The van der Waals surface area contributed by atoms with E-state index in [1.807, 2.05) is 24.0 Å². The van der Waals surface area contributed by atoms with Crippen LogP contribution in [-0.2, 0) is 4.79 Å². The molecule has 0 N–H and O–H groups in total. The number of anilines is 1. The highest BCUT2D eigenvalue weighted by Gasteiger charge is 2.21. The Balaban J connectivity index is 1.51. The van der Waals surface area contributed by atoms with Gasteiger partial charge in [0.25, 0.3) is 5.69 Å². The van der Waals surface area contributed by atoms with Crippen LogP contribution in [0, 0.1) is 17.0 Å². The summed E-state index contributed by atoms with van der Waals surface area (Å²) in [6, 6.07) is 12.6. The zero-order valence-electron chi connectivity index (χ0n) is 14.9. The number of rotatable bonds is 5. The predicted octanol–water partition coefficient (Wildman–Crippen LogP) is 4.11. The highest BCUT2D eigenvalue weighted by molar-refractivity contribution is 9.10. The fourth-order valence-corrected chi connectivity index (χ4v) is 4.39. The van der Waals surface area contributed by atoms with Gasteiger partial charge in [-0.25, -0.2) is 0 Å². The van der Waals surface area contributed by atoms with Crippen LogP contribution in [0.15, 0.2) is 51.8 Å². The topological polar surface area (TPSA) is 66.7 Å². The van der Waals surface area contributed by atoms with Gasteiger partial charge in [-0.15, -0.1) is 11.8 Å². The van der Waals surface area contributed by atoms with Crippen molar-refractivity contribution in [2.75, 3.05) is 36.8 Å². The molecule has 0 unspecified atom stereocenters. The second-order valence-electron chi connectivity index (χ2n) is 6.34. The molecule has 1 aliphatic heterocycles. The molecule has 0 saturated carbocycles. The Kier molecular flexibility index (Phi) is 6.38. The molecule has 3 rings (SSSR count). The predicted molar refractivity (Wildman–Crippen MR) is 111 cm³/mol. The molecule has 1 aliphatic rings. The van der Waals surface area contributed by atoms with Gasteiger partial charge in [-0.1, -0.05) is 15.9 Å². The molecule has 2 aromatic rings. The molecule has 1 saturated heterocycles. The van der Waals surface area contributed by atoms with Crippen LogP contribution in [-0.4, -0.2) is 47.7 Å². The van der Waals surface area contributed by atoms with E-state index in [1.54, 1.807) is 23.9 Å². The molecule has 0 spiro atoms. The molecule has 0 radical (unpaired) electrons. The molecule has 1 amide bonds. The number of non-ortho nitro benzene ring substituents is 1. The molecule has 6 nitrogen and oxygen atoms in total. The van der Waals surface area contributed by atoms with E-state index >= 15 is 0 Å². The fourth-order valence-electron chi connectivity index (χ4n) is 3.00. The number of piperazine rings is 1. The highest BCUT2D eigenvalue weighted by atomic mass is 79.9. The molecule has 0 aromatic heterocycles. The van der Waals surface area contributed by atoms with Gasteiger partial charge in [0.15, 0.2) is 0 Å². The number of aryl methyl sites for hydroxylation is 1. The molecule has 27 heavy (non-hydrogen) atoms. The van der Waals surface area contributed by atoms with Crippen LogP contribution >= 0.6 is 27.7 Å². The first kappa shape index (κ1) is 19.7. The van der Waals surface area contributed by atoms with Gasteiger partial charge in [-0.3, -0.25) is 14.9 Å². The Morgan fingerprint density at radius 2 is 1.81 bits per heavy atom. The van der Waals surface area contributed by atoms with E-state index in [1.165, 1.54) is 12.1 Å². The maximum absolute atomic E-state index is 12.5. The number of halogens is 1. The first-order chi connectivity index (χ1) is 12.9. The summed E-state index contributed by atoms with van der Waals surface area (Å²) in [6.07, 6.45) is 0. The van der Waals surface area contributed by atoms with Gasteiger partial charge < -0.3 is 9.80 Å². The third kappa shape index (κ3) is 5.01. The molecule has 0 bridgehead atoms. The van der Waals surface area contributed by atoms with Crippen LogP contribution in [0.2, 0.25) is 0 Å². The van der Waals surface area contributed by atoms with Crippen molar-refractivity contribution in [1.82, 2.24) is 4.90 Å². The standard InChI is InChI=1S/C19H20BrN3O3S/c1-14-12-15(20)2-7-18(14)27-13-19(24)22-10-8-21(9-11-22)16-3-5-17(6-4-16)23(25)26/h2-7,12H,8-11,13H2,1H3. The number of nitro groups is 1. The Bertz CT molecular complexity index is 837. The summed E-state index contributed by atoms with van der Waals surface area (Å²) >= 11 is 5.02. The maximum Gasteiger partial charge on any atom is 0.269 e. The normalized spacial score (nSPS) is 14.3. The van der Waals surface area contributed by atoms with Gasteiger partial charge in [0.2, 0.25) is 5.91 Å². The lowest BCUT2D eigenvalue weighted by Gasteiger charge is -2.36. The van der Waals surface area contributed by atoms with E-state index in [9.17, 15) is 14.9 Å². The lowest BCUT2D eigenvalue weighted by Crippen LogP contribution is -2.49. The lowest BCUT2D eigenvalue weighted by molar-refractivity contribution is -0.384. The van der Waals surface area contributed by atoms with Gasteiger partial charge in [0.1, 0.15) is 0 Å². The van der Waals surface area contributed by atoms with Crippen LogP contribution in [0.1, 0.15) is 5.56 Å². The summed E-state index contributed by atoms with van der Waals surface area (Å²) in [6.45, 7) is 4.82. The minimum Gasteiger partial charge on any atom is -0.368 e. The van der Waals surface area contributed by atoms with Crippen molar-refractivity contribution in [1.29, 1.82) is 0 Å². The average Bonchev–Trinajstić information content (AvgIpc) is 2.67. The van der Waals surface area contributed by atoms with Gasteiger partial charge in [-0.2, -0.15) is 0 Å². The van der Waals surface area contributed by atoms with Crippen molar-refractivity contribution in [2.24, 2.45) is 0 Å². The van der Waals surface area contributed by atoms with Crippen LogP contribution < -0.4 is 4.90 Å². The number of nitro benzene ring substituents is 1. The van der Waals surface area contributed by atoms with Gasteiger partial charge in [0, 0.05) is 53.4 Å². The molecule has 1 fully saturated rings. The van der Waals surface area contributed by atoms with Crippen LogP contribution in [0.25, 0.3) is 0 Å². The van der Waals surface area contributed by atoms with Crippen molar-refractivity contribution in [3.8, 4) is 0 Å². The quantitative estimate of drug-likeness (QED) is 0.390. The maximum atomic E-state index is 12.5. The zero-order valence-corrected chi connectivity index (χ0v) is 17.3. The molecule has 1 heterocycles. The fraction of sp³-hybridized carbons (Fsp3) is 0.316. The molecule has 8 heteroatoms. The monoisotopic (exact) mass is 449 g/mol. The lowest BCUT2D eigenvalue weighted by atomic mass is 10.2. The Morgan fingerprint density at radius 1 is 1.15 bits per heavy atom. The van der Waals surface area contributed by atoms with Gasteiger partial charge >= 0.3 is 0 Å². The number of carbonyl (C=O) groups is 1. The van der Waals surface area contributed by atoms with Crippen LogP contribution in [0.4, 0.5) is 11.4 Å². The zero-order chi connectivity index (χ0) is 19.4. The average molecular weight is 450 g/mol. The Hall–Kier alpha value is -2.06. The first-order valence-corrected chi connectivity index (χ1v) is 10.4. The summed E-state index contributed by atoms with van der Waals surface area (Å²) in [5.74, 6) is 0.575. The smallest absolute Gasteiger partial charge is 0.269 e. The minimum absolute atomic E-state index is 0.0906. The van der Waals surface area contributed by atoms with Crippen molar-refractivity contribution in [2.45, 2.75) is 11.8 Å². The van der Waals surface area contributed by atoms with Crippen molar-refractivity contribution >= 4 is 45.0 Å². The SMILES string of the molecule is Cc1cc(Br)ccc1SCC(=O)N1CCN(c2ccc([N+](=O)[O-])cc2)CC1. The molecule has 0 atom stereocenters. The summed E-state index contributed by atoms with van der Waals surface area (Å²) in [5.41, 5.74) is 2.20. The Morgan fingerprint density at radius 3 is 2.41 bits per heavy atom. The van der Waals surface area contributed by atoms with Crippen molar-refractivity contribution in [3.63, 3.8) is 0 Å².